The fourth-order valence-electron chi connectivity index (χ4n) is 2.82. The van der Waals surface area contributed by atoms with Gasteiger partial charge in [0.15, 0.2) is 0 Å². The molecule has 0 aliphatic carbocycles. The molecule has 0 bridgehead atoms. The van der Waals surface area contributed by atoms with Crippen molar-refractivity contribution in [3.8, 4) is 11.5 Å². The lowest BCUT2D eigenvalue weighted by Crippen LogP contribution is -2.41. The van der Waals surface area contributed by atoms with Gasteiger partial charge in [-0.1, -0.05) is 13.0 Å². The van der Waals surface area contributed by atoms with Gasteiger partial charge in [0.25, 0.3) is 0 Å². The summed E-state index contributed by atoms with van der Waals surface area (Å²) >= 11 is 0. The standard InChI is InChI=1S/C17H28N2O2/c1-4-11-21-16-6-5-14(17(20)12-16)13-19-9-7-15(8-10-19)18(2)3/h5-6,12,15,20H,4,7-11,13H2,1-3H3. The molecule has 118 valence electrons. The third-order valence-corrected chi connectivity index (χ3v) is 4.21. The molecule has 0 unspecified atom stereocenters. The highest BCUT2D eigenvalue weighted by Crippen LogP contribution is 2.26. The number of aromatic hydroxyl groups is 1. The molecule has 0 amide bonds. The number of phenolic OH excluding ortho intramolecular Hbond substituents is 1. The summed E-state index contributed by atoms with van der Waals surface area (Å²) in [5.41, 5.74) is 0.988. The normalized spacial score (nSPS) is 17.3. The van der Waals surface area contributed by atoms with Gasteiger partial charge in [-0.05, 0) is 52.5 Å². The SMILES string of the molecule is CCCOc1ccc(CN2CCC(N(C)C)CC2)c(O)c1. The second-order valence-corrected chi connectivity index (χ2v) is 6.11. The van der Waals surface area contributed by atoms with Crippen molar-refractivity contribution in [2.24, 2.45) is 0 Å². The van der Waals surface area contributed by atoms with Crippen molar-refractivity contribution in [2.45, 2.75) is 38.8 Å². The highest BCUT2D eigenvalue weighted by molar-refractivity contribution is 5.39. The van der Waals surface area contributed by atoms with Gasteiger partial charge in [-0.3, -0.25) is 4.90 Å². The van der Waals surface area contributed by atoms with E-state index in [2.05, 4.69) is 30.8 Å². The van der Waals surface area contributed by atoms with Gasteiger partial charge in [-0.25, -0.2) is 0 Å². The molecule has 1 fully saturated rings. The molecule has 2 rings (SSSR count). The molecule has 4 nitrogen and oxygen atoms in total. The molecule has 1 saturated heterocycles. The second kappa shape index (κ2) is 7.66. The first kappa shape index (κ1) is 16.1. The number of phenols is 1. The Morgan fingerprint density at radius 1 is 1.29 bits per heavy atom. The van der Waals surface area contributed by atoms with Crippen LogP contribution in [0, 0.1) is 0 Å². The number of hydrogen-bond acceptors (Lipinski definition) is 4. The number of likely N-dealkylation sites (tertiary alicyclic amines) is 1. The van der Waals surface area contributed by atoms with E-state index in [0.717, 1.165) is 37.4 Å². The van der Waals surface area contributed by atoms with Gasteiger partial charge in [0.05, 0.1) is 6.61 Å². The van der Waals surface area contributed by atoms with E-state index in [0.29, 0.717) is 18.4 Å². The molecule has 0 spiro atoms. The topological polar surface area (TPSA) is 35.9 Å². The number of benzene rings is 1. The van der Waals surface area contributed by atoms with Crippen LogP contribution in [-0.2, 0) is 6.54 Å². The summed E-state index contributed by atoms with van der Waals surface area (Å²) in [5, 5.41) is 10.1. The maximum atomic E-state index is 10.1. The quantitative estimate of drug-likeness (QED) is 0.874. The molecule has 1 aliphatic heterocycles. The van der Waals surface area contributed by atoms with E-state index in [1.807, 2.05) is 12.1 Å². The van der Waals surface area contributed by atoms with E-state index in [1.54, 1.807) is 6.07 Å². The number of piperidine rings is 1. The van der Waals surface area contributed by atoms with Crippen molar-refractivity contribution in [1.29, 1.82) is 0 Å². The Morgan fingerprint density at radius 3 is 2.57 bits per heavy atom. The average Bonchev–Trinajstić information content (AvgIpc) is 2.48. The van der Waals surface area contributed by atoms with Crippen molar-refractivity contribution < 1.29 is 9.84 Å². The first-order valence-corrected chi connectivity index (χ1v) is 7.93. The third-order valence-electron chi connectivity index (χ3n) is 4.21. The summed E-state index contributed by atoms with van der Waals surface area (Å²) in [6, 6.07) is 6.37. The molecule has 1 aromatic rings. The lowest BCUT2D eigenvalue weighted by Gasteiger charge is -2.35. The Balaban J connectivity index is 1.89. The van der Waals surface area contributed by atoms with Gasteiger partial charge < -0.3 is 14.7 Å². The zero-order valence-electron chi connectivity index (χ0n) is 13.5. The molecule has 1 heterocycles. The van der Waals surface area contributed by atoms with E-state index in [1.165, 1.54) is 12.8 Å². The minimum atomic E-state index is 0.346. The average molecular weight is 292 g/mol. The summed E-state index contributed by atoms with van der Waals surface area (Å²) in [6.45, 7) is 5.77. The van der Waals surface area contributed by atoms with E-state index < -0.39 is 0 Å². The van der Waals surface area contributed by atoms with Crippen LogP contribution in [0.4, 0.5) is 0 Å². The molecule has 1 aliphatic rings. The maximum absolute atomic E-state index is 10.1. The van der Waals surface area contributed by atoms with Crippen LogP contribution in [0.3, 0.4) is 0 Å². The predicted molar refractivity (Wildman–Crippen MR) is 85.9 cm³/mol. The monoisotopic (exact) mass is 292 g/mol. The molecule has 1 aromatic carbocycles. The van der Waals surface area contributed by atoms with Crippen molar-refractivity contribution in [1.82, 2.24) is 9.80 Å². The lowest BCUT2D eigenvalue weighted by atomic mass is 10.0. The fourth-order valence-corrected chi connectivity index (χ4v) is 2.82. The largest absolute Gasteiger partial charge is 0.507 e. The summed E-state index contributed by atoms with van der Waals surface area (Å²) in [6.07, 6.45) is 3.38. The first-order chi connectivity index (χ1) is 10.1. The van der Waals surface area contributed by atoms with Gasteiger partial charge in [0, 0.05) is 24.2 Å². The fraction of sp³-hybridized carbons (Fsp3) is 0.647. The Labute approximate surface area is 128 Å². The summed E-state index contributed by atoms with van der Waals surface area (Å²) in [5.74, 6) is 1.10. The number of hydrogen-bond donors (Lipinski definition) is 1. The molecule has 21 heavy (non-hydrogen) atoms. The van der Waals surface area contributed by atoms with Crippen LogP contribution < -0.4 is 4.74 Å². The van der Waals surface area contributed by atoms with Crippen molar-refractivity contribution in [2.75, 3.05) is 33.8 Å². The van der Waals surface area contributed by atoms with Crippen LogP contribution in [0.15, 0.2) is 18.2 Å². The predicted octanol–water partition coefficient (Wildman–Crippen LogP) is 2.71. The second-order valence-electron chi connectivity index (χ2n) is 6.11. The van der Waals surface area contributed by atoms with Crippen LogP contribution in [0.25, 0.3) is 0 Å². The number of rotatable bonds is 6. The van der Waals surface area contributed by atoms with E-state index in [9.17, 15) is 5.11 Å². The molecule has 0 saturated carbocycles. The highest BCUT2D eigenvalue weighted by Gasteiger charge is 2.21. The minimum absolute atomic E-state index is 0.346. The van der Waals surface area contributed by atoms with Gasteiger partial charge >= 0.3 is 0 Å². The zero-order chi connectivity index (χ0) is 15.2. The summed E-state index contributed by atoms with van der Waals surface area (Å²) in [4.78, 5) is 4.73. The van der Waals surface area contributed by atoms with E-state index in [4.69, 9.17) is 4.74 Å². The number of nitrogens with zero attached hydrogens (tertiary/aromatic N) is 2. The Kier molecular flexibility index (Phi) is 5.88. The highest BCUT2D eigenvalue weighted by atomic mass is 16.5. The number of ether oxygens (including phenoxy) is 1. The molecule has 1 N–H and O–H groups in total. The summed E-state index contributed by atoms with van der Waals surface area (Å²) < 4.78 is 5.54. The van der Waals surface area contributed by atoms with Gasteiger partial charge in [0.1, 0.15) is 11.5 Å². The van der Waals surface area contributed by atoms with Crippen LogP contribution in [0.1, 0.15) is 31.7 Å². The molecule has 4 heteroatoms. The van der Waals surface area contributed by atoms with Gasteiger partial charge in [0.2, 0.25) is 0 Å². The maximum Gasteiger partial charge on any atom is 0.123 e. The molecule has 0 radical (unpaired) electrons. The molecule has 0 aromatic heterocycles. The zero-order valence-corrected chi connectivity index (χ0v) is 13.5. The van der Waals surface area contributed by atoms with Crippen molar-refractivity contribution in [3.63, 3.8) is 0 Å². The Hall–Kier alpha value is -1.26. The lowest BCUT2D eigenvalue weighted by molar-refractivity contribution is 0.139. The first-order valence-electron chi connectivity index (χ1n) is 7.93. The van der Waals surface area contributed by atoms with Crippen molar-refractivity contribution >= 4 is 0 Å². The van der Waals surface area contributed by atoms with Gasteiger partial charge in [-0.2, -0.15) is 0 Å². The molecular weight excluding hydrogens is 264 g/mol. The Morgan fingerprint density at radius 2 is 2.00 bits per heavy atom. The third kappa shape index (κ3) is 4.61. The van der Waals surface area contributed by atoms with E-state index >= 15 is 0 Å². The van der Waals surface area contributed by atoms with Crippen LogP contribution in [0.5, 0.6) is 11.5 Å². The molecule has 0 atom stereocenters. The van der Waals surface area contributed by atoms with Crippen LogP contribution >= 0.6 is 0 Å². The van der Waals surface area contributed by atoms with Crippen molar-refractivity contribution in [3.05, 3.63) is 23.8 Å². The van der Waals surface area contributed by atoms with Crippen LogP contribution in [-0.4, -0.2) is 54.7 Å². The Bertz CT molecular complexity index is 440. The van der Waals surface area contributed by atoms with E-state index in [-0.39, 0.29) is 0 Å². The summed E-state index contributed by atoms with van der Waals surface area (Å²) in [7, 11) is 4.31. The molecular formula is C17H28N2O2. The van der Waals surface area contributed by atoms with Crippen LogP contribution in [0.2, 0.25) is 0 Å². The smallest absolute Gasteiger partial charge is 0.123 e. The minimum Gasteiger partial charge on any atom is -0.507 e. The van der Waals surface area contributed by atoms with Gasteiger partial charge in [-0.15, -0.1) is 0 Å².